The smallest absolute Gasteiger partial charge is 0.253 e. The Morgan fingerprint density at radius 1 is 1.25 bits per heavy atom. The average molecular weight is 215 g/mol. The summed E-state index contributed by atoms with van der Waals surface area (Å²) in [5.74, 6) is -0.160. The predicted molar refractivity (Wildman–Crippen MR) is 62.8 cm³/mol. The first-order valence-corrected chi connectivity index (χ1v) is 5.02. The quantitative estimate of drug-likeness (QED) is 0.679. The molecule has 2 aromatic rings. The van der Waals surface area contributed by atoms with Crippen LogP contribution in [-0.2, 0) is 6.54 Å². The van der Waals surface area contributed by atoms with Crippen LogP contribution < -0.4 is 11.1 Å². The summed E-state index contributed by atoms with van der Waals surface area (Å²) in [4.78, 5) is 14.8. The van der Waals surface area contributed by atoms with Gasteiger partial charge in [-0.05, 0) is 24.3 Å². The molecule has 0 aliphatic carbocycles. The fourth-order valence-electron chi connectivity index (χ4n) is 1.45. The second-order valence-corrected chi connectivity index (χ2v) is 3.47. The molecule has 1 aromatic carbocycles. The molecule has 0 aliphatic heterocycles. The molecule has 2 rings (SSSR count). The number of carbonyl (C=O) groups is 1. The normalized spacial score (nSPS) is 10.0. The highest BCUT2D eigenvalue weighted by Gasteiger charge is 2.07. The number of anilines is 1. The van der Waals surface area contributed by atoms with Crippen molar-refractivity contribution >= 4 is 11.6 Å². The number of nitrogens with one attached hydrogen (secondary N) is 2. The third kappa shape index (κ3) is 2.23. The van der Waals surface area contributed by atoms with E-state index in [9.17, 15) is 4.79 Å². The number of H-pyrrole nitrogens is 1. The Hall–Kier alpha value is -2.23. The minimum Gasteiger partial charge on any atom is -0.398 e. The molecule has 0 bridgehead atoms. The number of nitrogens with two attached hydrogens (primary N) is 1. The number of amides is 1. The van der Waals surface area contributed by atoms with Crippen molar-refractivity contribution in [2.45, 2.75) is 6.54 Å². The fourth-order valence-corrected chi connectivity index (χ4v) is 1.45. The van der Waals surface area contributed by atoms with Crippen LogP contribution in [0, 0.1) is 0 Å². The SMILES string of the molecule is Nc1ccccc1C(=O)NCc1ccc[nH]1. The fraction of sp³-hybridized carbons (Fsp3) is 0.0833. The van der Waals surface area contributed by atoms with Crippen molar-refractivity contribution in [3.8, 4) is 0 Å². The van der Waals surface area contributed by atoms with Crippen molar-refractivity contribution in [3.63, 3.8) is 0 Å². The number of nitrogen functional groups attached to an aromatic ring is 1. The van der Waals surface area contributed by atoms with E-state index < -0.39 is 0 Å². The van der Waals surface area contributed by atoms with Crippen LogP contribution in [0.25, 0.3) is 0 Å². The Balaban J connectivity index is 2.01. The van der Waals surface area contributed by atoms with Gasteiger partial charge < -0.3 is 16.0 Å². The number of carbonyl (C=O) groups excluding carboxylic acids is 1. The van der Waals surface area contributed by atoms with Gasteiger partial charge in [-0.25, -0.2) is 0 Å². The summed E-state index contributed by atoms with van der Waals surface area (Å²) in [6.45, 7) is 0.472. The Kier molecular flexibility index (Phi) is 2.91. The summed E-state index contributed by atoms with van der Waals surface area (Å²) in [5, 5.41) is 2.79. The zero-order valence-corrected chi connectivity index (χ0v) is 8.73. The molecule has 16 heavy (non-hydrogen) atoms. The maximum absolute atomic E-state index is 11.8. The largest absolute Gasteiger partial charge is 0.398 e. The van der Waals surface area contributed by atoms with E-state index in [0.717, 1.165) is 5.69 Å². The van der Waals surface area contributed by atoms with Crippen molar-refractivity contribution in [1.82, 2.24) is 10.3 Å². The van der Waals surface area contributed by atoms with Gasteiger partial charge in [-0.1, -0.05) is 12.1 Å². The van der Waals surface area contributed by atoms with Gasteiger partial charge in [-0.15, -0.1) is 0 Å². The summed E-state index contributed by atoms with van der Waals surface area (Å²) in [5.41, 5.74) is 7.66. The molecule has 4 nitrogen and oxygen atoms in total. The molecular weight excluding hydrogens is 202 g/mol. The van der Waals surface area contributed by atoms with Crippen LogP contribution in [0.4, 0.5) is 5.69 Å². The van der Waals surface area contributed by atoms with E-state index in [1.807, 2.05) is 18.3 Å². The van der Waals surface area contributed by atoms with Gasteiger partial charge in [0.15, 0.2) is 0 Å². The molecule has 4 N–H and O–H groups in total. The van der Waals surface area contributed by atoms with Crippen LogP contribution in [0.5, 0.6) is 0 Å². The van der Waals surface area contributed by atoms with Gasteiger partial charge >= 0.3 is 0 Å². The van der Waals surface area contributed by atoms with Gasteiger partial charge in [0.2, 0.25) is 0 Å². The molecule has 1 aromatic heterocycles. The highest BCUT2D eigenvalue weighted by Crippen LogP contribution is 2.10. The number of rotatable bonds is 3. The van der Waals surface area contributed by atoms with Gasteiger partial charge in [-0.3, -0.25) is 4.79 Å². The molecule has 1 heterocycles. The van der Waals surface area contributed by atoms with E-state index in [0.29, 0.717) is 17.8 Å². The first-order chi connectivity index (χ1) is 7.77. The molecule has 0 aliphatic rings. The lowest BCUT2D eigenvalue weighted by molar-refractivity contribution is 0.0951. The molecule has 0 unspecified atom stereocenters. The molecule has 1 amide bonds. The lowest BCUT2D eigenvalue weighted by atomic mass is 10.1. The summed E-state index contributed by atoms with van der Waals surface area (Å²) >= 11 is 0. The van der Waals surface area contributed by atoms with E-state index in [-0.39, 0.29) is 5.91 Å². The molecule has 0 radical (unpaired) electrons. The topological polar surface area (TPSA) is 70.9 Å². The standard InChI is InChI=1S/C12H13N3O/c13-11-6-2-1-5-10(11)12(16)15-8-9-4-3-7-14-9/h1-7,14H,8,13H2,(H,15,16). The first-order valence-electron chi connectivity index (χ1n) is 5.02. The van der Waals surface area contributed by atoms with E-state index in [2.05, 4.69) is 10.3 Å². The number of hydrogen-bond acceptors (Lipinski definition) is 2. The van der Waals surface area contributed by atoms with Crippen LogP contribution in [0.15, 0.2) is 42.6 Å². The molecule has 4 heteroatoms. The zero-order chi connectivity index (χ0) is 11.4. The van der Waals surface area contributed by atoms with Crippen molar-refractivity contribution in [1.29, 1.82) is 0 Å². The second kappa shape index (κ2) is 4.53. The zero-order valence-electron chi connectivity index (χ0n) is 8.73. The average Bonchev–Trinajstić information content (AvgIpc) is 2.79. The van der Waals surface area contributed by atoms with Gasteiger partial charge in [0, 0.05) is 17.6 Å². The number of benzene rings is 1. The molecule has 0 saturated heterocycles. The molecule has 0 atom stereocenters. The molecule has 0 saturated carbocycles. The molecule has 0 spiro atoms. The Morgan fingerprint density at radius 2 is 2.06 bits per heavy atom. The maximum atomic E-state index is 11.8. The summed E-state index contributed by atoms with van der Waals surface area (Å²) in [6.07, 6.45) is 1.82. The van der Waals surface area contributed by atoms with E-state index >= 15 is 0 Å². The van der Waals surface area contributed by atoms with Crippen LogP contribution in [0.1, 0.15) is 16.1 Å². The van der Waals surface area contributed by atoms with E-state index in [1.54, 1.807) is 24.3 Å². The molecule has 0 fully saturated rings. The number of para-hydroxylation sites is 1. The van der Waals surface area contributed by atoms with Gasteiger partial charge in [0.25, 0.3) is 5.91 Å². The predicted octanol–water partition coefficient (Wildman–Crippen LogP) is 1.53. The molecule has 82 valence electrons. The highest BCUT2D eigenvalue weighted by atomic mass is 16.1. The monoisotopic (exact) mass is 215 g/mol. The van der Waals surface area contributed by atoms with Crippen molar-refractivity contribution < 1.29 is 4.79 Å². The minimum atomic E-state index is -0.160. The van der Waals surface area contributed by atoms with Gasteiger partial charge in [-0.2, -0.15) is 0 Å². The number of aromatic nitrogens is 1. The lowest BCUT2D eigenvalue weighted by Crippen LogP contribution is -2.23. The minimum absolute atomic E-state index is 0.160. The number of aromatic amines is 1. The summed E-state index contributed by atoms with van der Waals surface area (Å²) in [6, 6.07) is 10.8. The Morgan fingerprint density at radius 3 is 2.75 bits per heavy atom. The molecular formula is C12H13N3O. The second-order valence-electron chi connectivity index (χ2n) is 3.47. The van der Waals surface area contributed by atoms with Crippen molar-refractivity contribution in [2.24, 2.45) is 0 Å². The Labute approximate surface area is 93.5 Å². The van der Waals surface area contributed by atoms with E-state index in [4.69, 9.17) is 5.73 Å². The van der Waals surface area contributed by atoms with E-state index in [1.165, 1.54) is 0 Å². The van der Waals surface area contributed by atoms with Crippen molar-refractivity contribution in [3.05, 3.63) is 53.9 Å². The summed E-state index contributed by atoms with van der Waals surface area (Å²) < 4.78 is 0. The number of hydrogen-bond donors (Lipinski definition) is 3. The first kappa shape index (κ1) is 10.3. The third-order valence-corrected chi connectivity index (χ3v) is 2.31. The highest BCUT2D eigenvalue weighted by molar-refractivity contribution is 5.98. The maximum Gasteiger partial charge on any atom is 0.253 e. The van der Waals surface area contributed by atoms with Gasteiger partial charge in [0.1, 0.15) is 0 Å². The van der Waals surface area contributed by atoms with Crippen LogP contribution in [0.3, 0.4) is 0 Å². The Bertz CT molecular complexity index is 477. The van der Waals surface area contributed by atoms with Crippen LogP contribution in [-0.4, -0.2) is 10.9 Å². The van der Waals surface area contributed by atoms with Crippen LogP contribution >= 0.6 is 0 Å². The van der Waals surface area contributed by atoms with Crippen LogP contribution in [0.2, 0.25) is 0 Å². The van der Waals surface area contributed by atoms with Crippen molar-refractivity contribution in [2.75, 3.05) is 5.73 Å². The lowest BCUT2D eigenvalue weighted by Gasteiger charge is -2.06. The van der Waals surface area contributed by atoms with Gasteiger partial charge in [0.05, 0.1) is 12.1 Å². The summed E-state index contributed by atoms with van der Waals surface area (Å²) in [7, 11) is 0. The third-order valence-electron chi connectivity index (χ3n) is 2.31.